The van der Waals surface area contributed by atoms with Crippen molar-refractivity contribution < 1.29 is 23.5 Å². The molecule has 0 bridgehead atoms. The molecule has 0 radical (unpaired) electrons. The van der Waals surface area contributed by atoms with E-state index in [0.717, 1.165) is 5.56 Å². The number of methoxy groups -OCH3 is 2. The molecule has 0 aliphatic heterocycles. The van der Waals surface area contributed by atoms with Gasteiger partial charge >= 0.3 is 0 Å². The molecule has 29 heavy (non-hydrogen) atoms. The third-order valence-corrected chi connectivity index (χ3v) is 4.52. The summed E-state index contributed by atoms with van der Waals surface area (Å²) in [6, 6.07) is 10.5. The molecule has 0 heterocycles. The molecular formula is C22H27FN2O4. The minimum absolute atomic E-state index is 0.0868. The number of hydrogen-bond donors (Lipinski definition) is 2. The Bertz CT molecular complexity index is 854. The summed E-state index contributed by atoms with van der Waals surface area (Å²) < 4.78 is 24.3. The molecule has 0 aromatic heterocycles. The fourth-order valence-corrected chi connectivity index (χ4v) is 2.88. The fraction of sp³-hybridized carbons (Fsp3) is 0.364. The summed E-state index contributed by atoms with van der Waals surface area (Å²) in [4.78, 5) is 24.9. The van der Waals surface area contributed by atoms with Gasteiger partial charge in [0.25, 0.3) is 5.91 Å². The maximum absolute atomic E-state index is 13.8. The van der Waals surface area contributed by atoms with Crippen molar-refractivity contribution in [2.75, 3.05) is 20.8 Å². The lowest BCUT2D eigenvalue weighted by Gasteiger charge is -2.22. The molecule has 0 fully saturated rings. The first kappa shape index (κ1) is 22.2. The Hall–Kier alpha value is -3.09. The largest absolute Gasteiger partial charge is 0.493 e. The third kappa shape index (κ3) is 5.94. The van der Waals surface area contributed by atoms with Crippen LogP contribution in [0.4, 0.5) is 4.39 Å². The molecule has 0 saturated carbocycles. The molecule has 2 N–H and O–H groups in total. The van der Waals surface area contributed by atoms with Crippen LogP contribution in [-0.2, 0) is 11.2 Å². The number of amides is 2. The molecule has 0 aliphatic rings. The zero-order valence-electron chi connectivity index (χ0n) is 17.1. The minimum atomic E-state index is -0.771. The summed E-state index contributed by atoms with van der Waals surface area (Å²) in [6.45, 7) is 4.02. The molecule has 2 aromatic rings. The van der Waals surface area contributed by atoms with Gasteiger partial charge in [-0.2, -0.15) is 0 Å². The molecule has 1 atom stereocenters. The molecule has 0 unspecified atom stereocenters. The Morgan fingerprint density at radius 3 is 2.34 bits per heavy atom. The van der Waals surface area contributed by atoms with Crippen LogP contribution in [0.2, 0.25) is 0 Å². The lowest BCUT2D eigenvalue weighted by atomic mass is 10.0. The fourth-order valence-electron chi connectivity index (χ4n) is 2.88. The highest BCUT2D eigenvalue weighted by Gasteiger charge is 2.25. The van der Waals surface area contributed by atoms with Gasteiger partial charge in [-0.15, -0.1) is 0 Å². The standard InChI is InChI=1S/C22H27FN2O4/c1-14(2)20(25-21(26)16-7-5-6-8-17(16)23)22(27)24-12-11-15-9-10-18(28-3)19(13-15)29-4/h5-10,13-14,20H,11-12H2,1-4H3,(H,24,27)(H,25,26)/t20-/m1/s1. The number of carbonyl (C=O) groups is 2. The highest BCUT2D eigenvalue weighted by Crippen LogP contribution is 2.27. The topological polar surface area (TPSA) is 76.7 Å². The Morgan fingerprint density at radius 1 is 1.03 bits per heavy atom. The number of benzene rings is 2. The van der Waals surface area contributed by atoms with Gasteiger partial charge in [-0.1, -0.05) is 32.0 Å². The maximum Gasteiger partial charge on any atom is 0.254 e. The molecule has 6 nitrogen and oxygen atoms in total. The van der Waals surface area contributed by atoms with Gasteiger partial charge in [-0.05, 0) is 42.2 Å². The van der Waals surface area contributed by atoms with Crippen LogP contribution in [-0.4, -0.2) is 38.6 Å². The van der Waals surface area contributed by atoms with E-state index >= 15 is 0 Å². The highest BCUT2D eigenvalue weighted by molar-refractivity contribution is 5.97. The van der Waals surface area contributed by atoms with Crippen LogP contribution in [0.25, 0.3) is 0 Å². The smallest absolute Gasteiger partial charge is 0.254 e. The van der Waals surface area contributed by atoms with Crippen molar-refractivity contribution in [2.24, 2.45) is 5.92 Å². The van der Waals surface area contributed by atoms with Crippen molar-refractivity contribution in [1.82, 2.24) is 10.6 Å². The predicted molar refractivity (Wildman–Crippen MR) is 109 cm³/mol. The maximum atomic E-state index is 13.8. The summed E-state index contributed by atoms with van der Waals surface area (Å²) >= 11 is 0. The van der Waals surface area contributed by atoms with E-state index in [4.69, 9.17) is 9.47 Å². The average Bonchev–Trinajstić information content (AvgIpc) is 2.71. The zero-order valence-corrected chi connectivity index (χ0v) is 17.1. The number of rotatable bonds is 9. The molecule has 2 aromatic carbocycles. The predicted octanol–water partition coefficient (Wildman–Crippen LogP) is 2.96. The molecule has 7 heteroatoms. The molecule has 2 rings (SSSR count). The van der Waals surface area contributed by atoms with E-state index in [-0.39, 0.29) is 17.4 Å². The monoisotopic (exact) mass is 402 g/mol. The van der Waals surface area contributed by atoms with Crippen molar-refractivity contribution in [2.45, 2.75) is 26.3 Å². The second kappa shape index (κ2) is 10.5. The Kier molecular flexibility index (Phi) is 8.00. The lowest BCUT2D eigenvalue weighted by molar-refractivity contribution is -0.123. The Balaban J connectivity index is 1.96. The Morgan fingerprint density at radius 2 is 1.72 bits per heavy atom. The van der Waals surface area contributed by atoms with E-state index in [0.29, 0.717) is 24.5 Å². The second-order valence-corrected chi connectivity index (χ2v) is 6.91. The van der Waals surface area contributed by atoms with E-state index in [9.17, 15) is 14.0 Å². The number of halogens is 1. The van der Waals surface area contributed by atoms with Gasteiger partial charge in [-0.3, -0.25) is 9.59 Å². The quantitative estimate of drug-likeness (QED) is 0.676. The van der Waals surface area contributed by atoms with Crippen LogP contribution in [0, 0.1) is 11.7 Å². The van der Waals surface area contributed by atoms with Gasteiger partial charge < -0.3 is 20.1 Å². The van der Waals surface area contributed by atoms with Crippen molar-refractivity contribution >= 4 is 11.8 Å². The van der Waals surface area contributed by atoms with E-state index in [1.807, 2.05) is 32.0 Å². The van der Waals surface area contributed by atoms with Crippen molar-refractivity contribution in [1.29, 1.82) is 0 Å². The third-order valence-electron chi connectivity index (χ3n) is 4.52. The van der Waals surface area contributed by atoms with Gasteiger partial charge in [0.05, 0.1) is 19.8 Å². The number of nitrogens with one attached hydrogen (secondary N) is 2. The molecule has 2 amide bonds. The summed E-state index contributed by atoms with van der Waals surface area (Å²) in [6.07, 6.45) is 0.582. The van der Waals surface area contributed by atoms with Crippen LogP contribution in [0.1, 0.15) is 29.8 Å². The van der Waals surface area contributed by atoms with Gasteiger partial charge in [0.2, 0.25) is 5.91 Å². The van der Waals surface area contributed by atoms with E-state index in [1.54, 1.807) is 20.3 Å². The summed E-state index contributed by atoms with van der Waals surface area (Å²) in [5, 5.41) is 5.46. The normalized spacial score (nSPS) is 11.7. The number of ether oxygens (including phenoxy) is 2. The van der Waals surface area contributed by atoms with Crippen molar-refractivity contribution in [3.8, 4) is 11.5 Å². The van der Waals surface area contributed by atoms with Crippen LogP contribution in [0.3, 0.4) is 0 Å². The van der Waals surface area contributed by atoms with Crippen LogP contribution < -0.4 is 20.1 Å². The van der Waals surface area contributed by atoms with Crippen molar-refractivity contribution in [3.63, 3.8) is 0 Å². The first-order valence-electron chi connectivity index (χ1n) is 9.41. The van der Waals surface area contributed by atoms with E-state index in [2.05, 4.69) is 10.6 Å². The van der Waals surface area contributed by atoms with Gasteiger partial charge in [-0.25, -0.2) is 4.39 Å². The van der Waals surface area contributed by atoms with Gasteiger partial charge in [0, 0.05) is 6.54 Å². The van der Waals surface area contributed by atoms with Gasteiger partial charge in [0.1, 0.15) is 11.9 Å². The van der Waals surface area contributed by atoms with Gasteiger partial charge in [0.15, 0.2) is 11.5 Å². The molecule has 0 saturated heterocycles. The first-order valence-corrected chi connectivity index (χ1v) is 9.41. The van der Waals surface area contributed by atoms with E-state index < -0.39 is 17.8 Å². The molecule has 0 spiro atoms. The van der Waals surface area contributed by atoms with E-state index in [1.165, 1.54) is 18.2 Å². The zero-order chi connectivity index (χ0) is 21.4. The number of carbonyl (C=O) groups excluding carboxylic acids is 2. The number of hydrogen-bond acceptors (Lipinski definition) is 4. The summed E-state index contributed by atoms with van der Waals surface area (Å²) in [7, 11) is 3.13. The van der Waals surface area contributed by atoms with Crippen LogP contribution in [0.5, 0.6) is 11.5 Å². The average molecular weight is 402 g/mol. The molecule has 156 valence electrons. The second-order valence-electron chi connectivity index (χ2n) is 6.91. The first-order chi connectivity index (χ1) is 13.9. The minimum Gasteiger partial charge on any atom is -0.493 e. The SMILES string of the molecule is COc1ccc(CCNC(=O)[C@H](NC(=O)c2ccccc2F)C(C)C)cc1OC. The highest BCUT2D eigenvalue weighted by atomic mass is 19.1. The summed E-state index contributed by atoms with van der Waals surface area (Å²) in [5.74, 6) is -0.459. The van der Waals surface area contributed by atoms with Crippen LogP contribution in [0.15, 0.2) is 42.5 Å². The summed E-state index contributed by atoms with van der Waals surface area (Å²) in [5.41, 5.74) is 0.885. The van der Waals surface area contributed by atoms with Crippen LogP contribution >= 0.6 is 0 Å². The Labute approximate surface area is 170 Å². The van der Waals surface area contributed by atoms with Crippen molar-refractivity contribution in [3.05, 3.63) is 59.4 Å². The molecule has 0 aliphatic carbocycles. The lowest BCUT2D eigenvalue weighted by Crippen LogP contribution is -2.50. The molecular weight excluding hydrogens is 375 g/mol.